The molecule has 1 saturated heterocycles. The van der Waals surface area contributed by atoms with Gasteiger partial charge in [0.15, 0.2) is 0 Å². The summed E-state index contributed by atoms with van der Waals surface area (Å²) in [6.45, 7) is 2.01. The number of ether oxygens (including phenoxy) is 2. The van der Waals surface area contributed by atoms with Crippen molar-refractivity contribution in [3.05, 3.63) is 58.6 Å². The molecular weight excluding hydrogens is 380 g/mol. The number of methoxy groups -OCH3 is 2. The van der Waals surface area contributed by atoms with Gasteiger partial charge in [0.25, 0.3) is 5.91 Å². The molecule has 2 aromatic rings. The first-order valence-corrected chi connectivity index (χ1v) is 9.43. The van der Waals surface area contributed by atoms with E-state index in [-0.39, 0.29) is 18.2 Å². The number of hydrogen-bond acceptors (Lipinski definition) is 4. The number of carbonyl (C=O) groups is 2. The molecule has 1 heterocycles. The topological polar surface area (TPSA) is 59.1 Å². The minimum absolute atomic E-state index is 0.00476. The van der Waals surface area contributed by atoms with Crippen LogP contribution in [0.4, 0.5) is 0 Å². The third kappa shape index (κ3) is 4.57. The molecule has 2 amide bonds. The Kier molecular flexibility index (Phi) is 6.41. The molecule has 7 heteroatoms. The second kappa shape index (κ2) is 8.97. The molecule has 1 aliphatic rings. The average Bonchev–Trinajstić information content (AvgIpc) is 2.73. The predicted molar refractivity (Wildman–Crippen MR) is 107 cm³/mol. The average molecular weight is 403 g/mol. The Labute approximate surface area is 169 Å². The first-order valence-electron chi connectivity index (χ1n) is 9.05. The van der Waals surface area contributed by atoms with E-state index in [1.807, 2.05) is 6.07 Å². The number of carbonyl (C=O) groups excluding carboxylic acids is 2. The van der Waals surface area contributed by atoms with E-state index in [9.17, 15) is 9.59 Å². The van der Waals surface area contributed by atoms with Crippen molar-refractivity contribution in [1.82, 2.24) is 9.80 Å². The highest BCUT2D eigenvalue weighted by atomic mass is 35.5. The molecule has 0 aliphatic carbocycles. The van der Waals surface area contributed by atoms with Crippen LogP contribution in [0.5, 0.6) is 11.5 Å². The van der Waals surface area contributed by atoms with Crippen LogP contribution in [0, 0.1) is 0 Å². The lowest BCUT2D eigenvalue weighted by molar-refractivity contribution is -0.131. The van der Waals surface area contributed by atoms with E-state index in [2.05, 4.69) is 0 Å². The van der Waals surface area contributed by atoms with E-state index in [1.54, 1.807) is 60.4 Å². The molecule has 3 rings (SSSR count). The molecule has 0 aromatic heterocycles. The Hall–Kier alpha value is -2.73. The summed E-state index contributed by atoms with van der Waals surface area (Å²) in [7, 11) is 3.17. The molecule has 0 bridgehead atoms. The Morgan fingerprint density at radius 3 is 2.18 bits per heavy atom. The summed E-state index contributed by atoms with van der Waals surface area (Å²) in [6.07, 6.45) is 0.228. The highest BCUT2D eigenvalue weighted by molar-refractivity contribution is 6.30. The molecular formula is C21H23ClN2O4. The lowest BCUT2D eigenvalue weighted by Gasteiger charge is -2.35. The molecule has 0 N–H and O–H groups in total. The summed E-state index contributed by atoms with van der Waals surface area (Å²) in [4.78, 5) is 28.9. The van der Waals surface area contributed by atoms with E-state index in [1.165, 1.54) is 0 Å². The summed E-state index contributed by atoms with van der Waals surface area (Å²) in [5.74, 6) is 1.30. The number of rotatable bonds is 5. The van der Waals surface area contributed by atoms with Crippen molar-refractivity contribution in [2.75, 3.05) is 40.4 Å². The zero-order chi connectivity index (χ0) is 20.1. The lowest BCUT2D eigenvalue weighted by atomic mass is 10.1. The fourth-order valence-electron chi connectivity index (χ4n) is 3.23. The molecule has 0 atom stereocenters. The van der Waals surface area contributed by atoms with E-state index in [4.69, 9.17) is 21.1 Å². The second-order valence-electron chi connectivity index (χ2n) is 6.53. The number of piperazine rings is 1. The van der Waals surface area contributed by atoms with Gasteiger partial charge in [0.05, 0.1) is 20.6 Å². The molecule has 148 valence electrons. The fraction of sp³-hybridized carbons (Fsp3) is 0.333. The van der Waals surface area contributed by atoms with Gasteiger partial charge in [0.2, 0.25) is 5.91 Å². The fourth-order valence-corrected chi connectivity index (χ4v) is 3.35. The van der Waals surface area contributed by atoms with Crippen molar-refractivity contribution >= 4 is 23.4 Å². The molecule has 0 unspecified atom stereocenters. The predicted octanol–water partition coefficient (Wildman–Crippen LogP) is 2.88. The molecule has 2 aromatic carbocycles. The van der Waals surface area contributed by atoms with Crippen molar-refractivity contribution < 1.29 is 19.1 Å². The number of amides is 2. The van der Waals surface area contributed by atoms with Crippen LogP contribution in [0.3, 0.4) is 0 Å². The summed E-state index contributed by atoms with van der Waals surface area (Å²) in [5, 5.41) is 0.597. The maximum atomic E-state index is 12.7. The zero-order valence-electron chi connectivity index (χ0n) is 16.0. The Bertz CT molecular complexity index is 846. The highest BCUT2D eigenvalue weighted by Crippen LogP contribution is 2.25. The van der Waals surface area contributed by atoms with Crippen LogP contribution in [0.1, 0.15) is 15.9 Å². The number of hydrogen-bond donors (Lipinski definition) is 0. The summed E-state index contributed by atoms with van der Waals surface area (Å²) < 4.78 is 10.6. The molecule has 28 heavy (non-hydrogen) atoms. The van der Waals surface area contributed by atoms with Crippen molar-refractivity contribution in [1.29, 1.82) is 0 Å². The van der Waals surface area contributed by atoms with Crippen molar-refractivity contribution in [2.45, 2.75) is 6.42 Å². The van der Waals surface area contributed by atoms with Gasteiger partial charge in [-0.1, -0.05) is 11.6 Å². The first-order chi connectivity index (χ1) is 13.5. The van der Waals surface area contributed by atoms with Gasteiger partial charge in [-0.05, 0) is 42.5 Å². The number of nitrogens with zero attached hydrogens (tertiary/aromatic N) is 2. The quantitative estimate of drug-likeness (QED) is 0.771. The van der Waals surface area contributed by atoms with Crippen LogP contribution in [-0.2, 0) is 11.2 Å². The highest BCUT2D eigenvalue weighted by Gasteiger charge is 2.25. The standard InChI is InChI=1S/C21H23ClN2O4/c1-27-18-7-8-19(28-2)16(13-18)14-20(25)23-9-11-24(12-10-23)21(26)15-3-5-17(22)6-4-15/h3-8,13H,9-12,14H2,1-2H3. The van der Waals surface area contributed by atoms with Crippen molar-refractivity contribution in [3.63, 3.8) is 0 Å². The molecule has 6 nitrogen and oxygen atoms in total. The largest absolute Gasteiger partial charge is 0.497 e. The Morgan fingerprint density at radius 2 is 1.57 bits per heavy atom. The minimum atomic E-state index is -0.0433. The van der Waals surface area contributed by atoms with Gasteiger partial charge in [-0.25, -0.2) is 0 Å². The minimum Gasteiger partial charge on any atom is -0.497 e. The molecule has 0 spiro atoms. The Balaban J connectivity index is 1.59. The van der Waals surface area contributed by atoms with Gasteiger partial charge in [-0.3, -0.25) is 9.59 Å². The normalized spacial score (nSPS) is 14.0. The SMILES string of the molecule is COc1ccc(OC)c(CC(=O)N2CCN(C(=O)c3ccc(Cl)cc3)CC2)c1. The van der Waals surface area contributed by atoms with Gasteiger partial charge in [-0.2, -0.15) is 0 Å². The van der Waals surface area contributed by atoms with Crippen LogP contribution in [0.25, 0.3) is 0 Å². The zero-order valence-corrected chi connectivity index (χ0v) is 16.7. The maximum Gasteiger partial charge on any atom is 0.253 e. The number of halogens is 1. The van der Waals surface area contributed by atoms with Crippen LogP contribution in [0.2, 0.25) is 5.02 Å². The van der Waals surface area contributed by atoms with Gasteiger partial charge in [-0.15, -0.1) is 0 Å². The molecule has 0 radical (unpaired) electrons. The summed E-state index contributed by atoms with van der Waals surface area (Å²) in [6, 6.07) is 12.3. The maximum absolute atomic E-state index is 12.7. The third-order valence-electron chi connectivity index (χ3n) is 4.84. The van der Waals surface area contributed by atoms with Crippen LogP contribution in [-0.4, -0.2) is 62.0 Å². The summed E-state index contributed by atoms with van der Waals surface area (Å²) >= 11 is 5.88. The van der Waals surface area contributed by atoms with Gasteiger partial charge in [0, 0.05) is 42.3 Å². The molecule has 1 aliphatic heterocycles. The van der Waals surface area contributed by atoms with E-state index < -0.39 is 0 Å². The van der Waals surface area contributed by atoms with E-state index in [0.29, 0.717) is 48.3 Å². The first kappa shape index (κ1) is 20.0. The monoisotopic (exact) mass is 402 g/mol. The van der Waals surface area contributed by atoms with Crippen LogP contribution < -0.4 is 9.47 Å². The molecule has 1 fully saturated rings. The third-order valence-corrected chi connectivity index (χ3v) is 5.09. The van der Waals surface area contributed by atoms with Gasteiger partial charge in [0.1, 0.15) is 11.5 Å². The second-order valence-corrected chi connectivity index (χ2v) is 6.97. The van der Waals surface area contributed by atoms with Crippen molar-refractivity contribution in [3.8, 4) is 11.5 Å². The number of benzene rings is 2. The van der Waals surface area contributed by atoms with Crippen molar-refractivity contribution in [2.24, 2.45) is 0 Å². The van der Waals surface area contributed by atoms with Gasteiger partial charge < -0.3 is 19.3 Å². The van der Waals surface area contributed by atoms with E-state index in [0.717, 1.165) is 5.56 Å². The summed E-state index contributed by atoms with van der Waals surface area (Å²) in [5.41, 5.74) is 1.39. The smallest absolute Gasteiger partial charge is 0.253 e. The lowest BCUT2D eigenvalue weighted by Crippen LogP contribution is -2.51. The Morgan fingerprint density at radius 1 is 0.929 bits per heavy atom. The van der Waals surface area contributed by atoms with E-state index >= 15 is 0 Å². The molecule has 0 saturated carbocycles. The van der Waals surface area contributed by atoms with Crippen LogP contribution in [0.15, 0.2) is 42.5 Å². The van der Waals surface area contributed by atoms with Gasteiger partial charge >= 0.3 is 0 Å². The van der Waals surface area contributed by atoms with Crippen LogP contribution >= 0.6 is 11.6 Å².